The Labute approximate surface area is 136 Å². The first-order valence-corrected chi connectivity index (χ1v) is 7.71. The second kappa shape index (κ2) is 8.03. The van der Waals surface area contributed by atoms with Crippen molar-refractivity contribution >= 4 is 18.2 Å². The lowest BCUT2D eigenvalue weighted by molar-refractivity contribution is -0.148. The van der Waals surface area contributed by atoms with Crippen LogP contribution in [0, 0.1) is 0 Å². The fourth-order valence-corrected chi connectivity index (χ4v) is 2.67. The molecular weight excluding hydrogens is 304 g/mol. The summed E-state index contributed by atoms with van der Waals surface area (Å²) >= 11 is 0. The lowest BCUT2D eigenvalue weighted by Gasteiger charge is -2.38. The second-order valence-corrected chi connectivity index (χ2v) is 6.53. The maximum Gasteiger partial charge on any atom is 0.408 e. The Kier molecular flexibility index (Phi) is 6.65. The van der Waals surface area contributed by atoms with E-state index in [1.165, 1.54) is 7.11 Å². The quantitative estimate of drug-likeness (QED) is 0.764. The summed E-state index contributed by atoms with van der Waals surface area (Å²) in [5, 5.41) is 12.0. The van der Waals surface area contributed by atoms with Gasteiger partial charge in [0, 0.05) is 12.6 Å². The minimum Gasteiger partial charge on any atom is -0.467 e. The monoisotopic (exact) mass is 330 g/mol. The number of rotatable bonds is 4. The molecule has 132 valence electrons. The van der Waals surface area contributed by atoms with E-state index in [-0.39, 0.29) is 12.6 Å². The standard InChI is InChI=1S/C15H26N2O6/c1-15(2,3)23-13(19)16-9-8-10-6-5-7-11(12(18)22-4)17(10)14(20)21/h10-11H,5-9H2,1-4H3,(H,16,19)(H,20,21). The summed E-state index contributed by atoms with van der Waals surface area (Å²) in [5.41, 5.74) is -0.585. The SMILES string of the molecule is COC(=O)C1CCCC(CCNC(=O)OC(C)(C)C)N1C(=O)O. The van der Waals surface area contributed by atoms with Gasteiger partial charge in [0.15, 0.2) is 0 Å². The highest BCUT2D eigenvalue weighted by Gasteiger charge is 2.38. The molecule has 0 aromatic carbocycles. The van der Waals surface area contributed by atoms with Crippen molar-refractivity contribution in [3.63, 3.8) is 0 Å². The van der Waals surface area contributed by atoms with E-state index in [0.717, 1.165) is 11.3 Å². The average Bonchev–Trinajstić information content (AvgIpc) is 2.43. The molecule has 1 aliphatic heterocycles. The van der Waals surface area contributed by atoms with E-state index in [9.17, 15) is 19.5 Å². The van der Waals surface area contributed by atoms with Crippen molar-refractivity contribution in [2.75, 3.05) is 13.7 Å². The number of carbonyl (C=O) groups is 3. The van der Waals surface area contributed by atoms with Gasteiger partial charge in [-0.25, -0.2) is 14.4 Å². The second-order valence-electron chi connectivity index (χ2n) is 6.53. The summed E-state index contributed by atoms with van der Waals surface area (Å²) in [6.07, 6.45) is 0.562. The van der Waals surface area contributed by atoms with Gasteiger partial charge >= 0.3 is 18.2 Å². The Morgan fingerprint density at radius 2 is 1.91 bits per heavy atom. The molecule has 1 fully saturated rings. The van der Waals surface area contributed by atoms with Crippen LogP contribution < -0.4 is 5.32 Å². The van der Waals surface area contributed by atoms with E-state index in [4.69, 9.17) is 4.74 Å². The van der Waals surface area contributed by atoms with Crippen LogP contribution in [0.4, 0.5) is 9.59 Å². The fourth-order valence-electron chi connectivity index (χ4n) is 2.67. The highest BCUT2D eigenvalue weighted by Crippen LogP contribution is 2.26. The molecule has 2 amide bonds. The number of carboxylic acid groups (broad SMARTS) is 1. The van der Waals surface area contributed by atoms with Crippen molar-refractivity contribution in [1.29, 1.82) is 0 Å². The summed E-state index contributed by atoms with van der Waals surface area (Å²) in [5.74, 6) is -0.544. The molecule has 1 rings (SSSR count). The molecule has 0 aromatic rings. The maximum atomic E-state index is 11.7. The lowest BCUT2D eigenvalue weighted by Crippen LogP contribution is -2.54. The normalized spacial score (nSPS) is 21.5. The van der Waals surface area contributed by atoms with Gasteiger partial charge in [0.1, 0.15) is 11.6 Å². The van der Waals surface area contributed by atoms with Gasteiger partial charge in [-0.15, -0.1) is 0 Å². The molecule has 0 radical (unpaired) electrons. The number of methoxy groups -OCH3 is 1. The minimum absolute atomic E-state index is 0.275. The minimum atomic E-state index is -1.15. The molecule has 1 heterocycles. The average molecular weight is 330 g/mol. The van der Waals surface area contributed by atoms with Gasteiger partial charge < -0.3 is 19.9 Å². The van der Waals surface area contributed by atoms with Crippen molar-refractivity contribution in [1.82, 2.24) is 10.2 Å². The molecule has 8 heteroatoms. The van der Waals surface area contributed by atoms with Crippen LogP contribution in [0.2, 0.25) is 0 Å². The number of nitrogens with zero attached hydrogens (tertiary/aromatic N) is 1. The maximum absolute atomic E-state index is 11.7. The fraction of sp³-hybridized carbons (Fsp3) is 0.800. The number of ether oxygens (including phenoxy) is 2. The predicted molar refractivity (Wildman–Crippen MR) is 82.2 cm³/mol. The van der Waals surface area contributed by atoms with E-state index in [2.05, 4.69) is 10.1 Å². The van der Waals surface area contributed by atoms with Gasteiger partial charge in [0.05, 0.1) is 7.11 Å². The topological polar surface area (TPSA) is 105 Å². The third kappa shape index (κ3) is 5.96. The molecule has 2 unspecified atom stereocenters. The van der Waals surface area contributed by atoms with Crippen LogP contribution >= 0.6 is 0 Å². The number of hydrogen-bond donors (Lipinski definition) is 2. The summed E-state index contributed by atoms with van der Waals surface area (Å²) in [6.45, 7) is 5.57. The summed E-state index contributed by atoms with van der Waals surface area (Å²) in [7, 11) is 1.25. The third-order valence-electron chi connectivity index (χ3n) is 3.58. The van der Waals surface area contributed by atoms with E-state index in [0.29, 0.717) is 19.3 Å². The van der Waals surface area contributed by atoms with Crippen LogP contribution in [0.5, 0.6) is 0 Å². The van der Waals surface area contributed by atoms with Crippen molar-refractivity contribution < 1.29 is 29.0 Å². The number of hydrogen-bond acceptors (Lipinski definition) is 5. The Morgan fingerprint density at radius 3 is 2.43 bits per heavy atom. The summed E-state index contributed by atoms with van der Waals surface area (Å²) in [4.78, 5) is 36.0. The smallest absolute Gasteiger partial charge is 0.408 e. The lowest BCUT2D eigenvalue weighted by atomic mass is 9.94. The van der Waals surface area contributed by atoms with Crippen LogP contribution in [0.3, 0.4) is 0 Å². The van der Waals surface area contributed by atoms with Crippen LogP contribution in [0.15, 0.2) is 0 Å². The molecule has 0 aromatic heterocycles. The van der Waals surface area contributed by atoms with E-state index in [1.54, 1.807) is 20.8 Å². The van der Waals surface area contributed by atoms with Crippen LogP contribution in [0.25, 0.3) is 0 Å². The van der Waals surface area contributed by atoms with Crippen molar-refractivity contribution in [2.24, 2.45) is 0 Å². The number of esters is 1. The van der Waals surface area contributed by atoms with Gasteiger partial charge in [0.2, 0.25) is 0 Å². The molecule has 2 N–H and O–H groups in total. The number of carbonyl (C=O) groups excluding carboxylic acids is 2. The highest BCUT2D eigenvalue weighted by atomic mass is 16.6. The van der Waals surface area contributed by atoms with Crippen molar-refractivity contribution in [3.8, 4) is 0 Å². The number of piperidine rings is 1. The van der Waals surface area contributed by atoms with Gasteiger partial charge in [-0.05, 0) is 46.5 Å². The van der Waals surface area contributed by atoms with E-state index in [1.807, 2.05) is 0 Å². The van der Waals surface area contributed by atoms with Crippen LogP contribution in [0.1, 0.15) is 46.5 Å². The van der Waals surface area contributed by atoms with Gasteiger partial charge in [0.25, 0.3) is 0 Å². The predicted octanol–water partition coefficient (Wildman–Crippen LogP) is 1.98. The molecule has 8 nitrogen and oxygen atoms in total. The molecule has 1 saturated heterocycles. The van der Waals surface area contributed by atoms with Gasteiger partial charge in [-0.2, -0.15) is 0 Å². The molecule has 1 aliphatic rings. The Bertz CT molecular complexity index is 446. The Balaban J connectivity index is 2.58. The number of nitrogens with one attached hydrogen (secondary N) is 1. The first-order valence-electron chi connectivity index (χ1n) is 7.71. The van der Waals surface area contributed by atoms with Crippen molar-refractivity contribution in [2.45, 2.75) is 64.1 Å². The third-order valence-corrected chi connectivity index (χ3v) is 3.58. The number of amides is 2. The van der Waals surface area contributed by atoms with E-state index >= 15 is 0 Å². The molecule has 0 spiro atoms. The Morgan fingerprint density at radius 1 is 1.26 bits per heavy atom. The summed E-state index contributed by atoms with van der Waals surface area (Å²) < 4.78 is 9.81. The first-order chi connectivity index (χ1) is 10.7. The zero-order valence-electron chi connectivity index (χ0n) is 14.1. The molecule has 23 heavy (non-hydrogen) atoms. The van der Waals surface area contributed by atoms with Gasteiger partial charge in [-0.1, -0.05) is 0 Å². The summed E-state index contributed by atoms with van der Waals surface area (Å²) in [6, 6.07) is -1.11. The number of alkyl carbamates (subject to hydrolysis) is 1. The van der Waals surface area contributed by atoms with E-state index < -0.39 is 29.8 Å². The molecule has 0 bridgehead atoms. The number of likely N-dealkylation sites (tertiary alicyclic amines) is 1. The van der Waals surface area contributed by atoms with Crippen LogP contribution in [-0.4, -0.2) is 59.5 Å². The zero-order chi connectivity index (χ0) is 17.6. The molecule has 0 aliphatic carbocycles. The molecule has 2 atom stereocenters. The Hall–Kier alpha value is -1.99. The van der Waals surface area contributed by atoms with Crippen LogP contribution in [-0.2, 0) is 14.3 Å². The first kappa shape index (κ1) is 19.1. The largest absolute Gasteiger partial charge is 0.467 e. The zero-order valence-corrected chi connectivity index (χ0v) is 14.1. The van der Waals surface area contributed by atoms with Crippen molar-refractivity contribution in [3.05, 3.63) is 0 Å². The van der Waals surface area contributed by atoms with Gasteiger partial charge in [-0.3, -0.25) is 4.90 Å². The molecule has 0 saturated carbocycles. The molecular formula is C15H26N2O6. The highest BCUT2D eigenvalue weighted by molar-refractivity contribution is 5.81.